The Kier molecular flexibility index (Phi) is 5.53. The summed E-state index contributed by atoms with van der Waals surface area (Å²) in [7, 11) is 0. The molecule has 0 bridgehead atoms. The van der Waals surface area contributed by atoms with Crippen molar-refractivity contribution in [2.24, 2.45) is 23.2 Å². The number of halogens is 1. The van der Waals surface area contributed by atoms with Crippen LogP contribution in [-0.2, 0) is 9.47 Å². The van der Waals surface area contributed by atoms with E-state index in [0.29, 0.717) is 5.41 Å². The molecule has 0 aromatic carbocycles. The summed E-state index contributed by atoms with van der Waals surface area (Å²) in [6.07, 6.45) is 9.38. The molecule has 0 radical (unpaired) electrons. The Hall–Kier alpha value is 0.140. The first-order chi connectivity index (χ1) is 11.6. The molecule has 2 saturated carbocycles. The van der Waals surface area contributed by atoms with Crippen molar-refractivity contribution in [1.29, 1.82) is 0 Å². The van der Waals surface area contributed by atoms with Crippen molar-refractivity contribution in [1.82, 2.24) is 0 Å². The highest BCUT2D eigenvalue weighted by Gasteiger charge is 2.51. The van der Waals surface area contributed by atoms with E-state index in [0.717, 1.165) is 24.2 Å². The Morgan fingerprint density at radius 2 is 1.92 bits per heavy atom. The molecule has 0 aromatic heterocycles. The molecular formula is C22H37BrO2. The summed E-state index contributed by atoms with van der Waals surface area (Å²) in [6.45, 7) is 13.5. The van der Waals surface area contributed by atoms with E-state index in [-0.39, 0.29) is 11.7 Å². The quantitative estimate of drug-likeness (QED) is 0.503. The van der Waals surface area contributed by atoms with Crippen LogP contribution < -0.4 is 0 Å². The number of fused-ring (bicyclic) bond motifs is 1. The van der Waals surface area contributed by atoms with Gasteiger partial charge in [0.1, 0.15) is 0 Å². The minimum absolute atomic E-state index is 0.179. The third-order valence-corrected chi connectivity index (χ3v) is 8.05. The van der Waals surface area contributed by atoms with E-state index in [1.807, 2.05) is 13.8 Å². The van der Waals surface area contributed by atoms with Crippen molar-refractivity contribution in [3.8, 4) is 0 Å². The average molecular weight is 413 g/mol. The van der Waals surface area contributed by atoms with Crippen molar-refractivity contribution in [2.75, 3.05) is 0 Å². The van der Waals surface area contributed by atoms with Crippen molar-refractivity contribution in [3.63, 3.8) is 0 Å². The third-order valence-electron chi connectivity index (χ3n) is 7.46. The predicted octanol–water partition coefficient (Wildman–Crippen LogP) is 6.83. The van der Waals surface area contributed by atoms with Gasteiger partial charge in [-0.2, -0.15) is 0 Å². The van der Waals surface area contributed by atoms with Gasteiger partial charge in [0.2, 0.25) is 0 Å². The maximum absolute atomic E-state index is 6.21. The van der Waals surface area contributed by atoms with Crippen LogP contribution in [0.1, 0.15) is 86.5 Å². The van der Waals surface area contributed by atoms with Crippen LogP contribution in [0.4, 0.5) is 0 Å². The molecule has 25 heavy (non-hydrogen) atoms. The number of hydrogen-bond acceptors (Lipinski definition) is 2. The first-order valence-corrected chi connectivity index (χ1v) is 11.2. The topological polar surface area (TPSA) is 18.5 Å². The zero-order valence-corrected chi connectivity index (χ0v) is 18.6. The molecule has 144 valence electrons. The van der Waals surface area contributed by atoms with E-state index in [4.69, 9.17) is 9.47 Å². The van der Waals surface area contributed by atoms with Crippen LogP contribution in [0.15, 0.2) is 10.6 Å². The summed E-state index contributed by atoms with van der Waals surface area (Å²) in [6, 6.07) is 0. The van der Waals surface area contributed by atoms with Gasteiger partial charge in [-0.3, -0.25) is 0 Å². The first-order valence-electron chi connectivity index (χ1n) is 10.3. The molecule has 0 spiro atoms. The van der Waals surface area contributed by atoms with Crippen molar-refractivity contribution < 1.29 is 9.47 Å². The summed E-state index contributed by atoms with van der Waals surface area (Å²) < 4.78 is 12.3. The van der Waals surface area contributed by atoms with E-state index in [9.17, 15) is 0 Å². The Morgan fingerprint density at radius 1 is 1.20 bits per heavy atom. The fourth-order valence-corrected chi connectivity index (χ4v) is 6.92. The molecule has 1 heterocycles. The van der Waals surface area contributed by atoms with Crippen molar-refractivity contribution >= 4 is 15.9 Å². The second-order valence-electron chi connectivity index (χ2n) is 10.0. The molecule has 3 heteroatoms. The summed E-state index contributed by atoms with van der Waals surface area (Å²) in [5.41, 5.74) is 1.99. The van der Waals surface area contributed by atoms with Gasteiger partial charge in [0.15, 0.2) is 5.79 Å². The molecule has 0 aromatic rings. The Balaban J connectivity index is 1.63. The molecular weight excluding hydrogens is 376 g/mol. The third kappa shape index (κ3) is 3.75. The van der Waals surface area contributed by atoms with Crippen LogP contribution in [0.3, 0.4) is 0 Å². The minimum atomic E-state index is -0.444. The van der Waals surface area contributed by atoms with Gasteiger partial charge in [0.05, 0.1) is 11.7 Å². The molecule has 1 aliphatic heterocycles. The second-order valence-corrected chi connectivity index (χ2v) is 10.5. The summed E-state index contributed by atoms with van der Waals surface area (Å²) in [5.74, 6) is 1.96. The van der Waals surface area contributed by atoms with Crippen LogP contribution in [0, 0.1) is 23.2 Å². The van der Waals surface area contributed by atoms with Crippen LogP contribution in [0.5, 0.6) is 0 Å². The maximum Gasteiger partial charge on any atom is 0.164 e. The number of ether oxygens (including phenoxy) is 2. The highest BCUT2D eigenvalue weighted by Crippen LogP contribution is 2.60. The van der Waals surface area contributed by atoms with Crippen LogP contribution in [0.25, 0.3) is 0 Å². The fourth-order valence-electron chi connectivity index (χ4n) is 6.38. The molecule has 1 saturated heterocycles. The Morgan fingerprint density at radius 3 is 2.52 bits per heavy atom. The van der Waals surface area contributed by atoms with Gasteiger partial charge in [0, 0.05) is 0 Å². The fraction of sp³-hybridized carbons (Fsp3) is 0.909. The van der Waals surface area contributed by atoms with Gasteiger partial charge in [-0.15, -0.1) is 0 Å². The standard InChI is InChI=1S/C22H37BrO2/c1-15(9-12-19-20(2,3)25-21(4,5)24-19)17-10-11-18-16(14-23)8-7-13-22(17,18)6/h14-15,17-19H,7-13H2,1-6H3/b16-14-/t15-,17-,18+,19-,22-/m1/s1. The summed E-state index contributed by atoms with van der Waals surface area (Å²) >= 11 is 3.63. The molecule has 5 atom stereocenters. The zero-order chi connectivity index (χ0) is 18.5. The molecule has 3 rings (SSSR count). The molecule has 0 amide bonds. The Labute approximate surface area is 163 Å². The van der Waals surface area contributed by atoms with Crippen molar-refractivity contribution in [2.45, 2.75) is 104 Å². The molecule has 0 N–H and O–H groups in total. The SMILES string of the molecule is C[C@H](CC[C@H]1OC(C)(C)OC1(C)C)[C@H]1CC[C@H]2/C(=C\Br)CCC[C@]12C. The van der Waals surface area contributed by atoms with Gasteiger partial charge >= 0.3 is 0 Å². The monoisotopic (exact) mass is 412 g/mol. The molecule has 2 nitrogen and oxygen atoms in total. The highest BCUT2D eigenvalue weighted by molar-refractivity contribution is 9.11. The average Bonchev–Trinajstić information content (AvgIpc) is 2.96. The highest BCUT2D eigenvalue weighted by atomic mass is 79.9. The normalized spacial score (nSPS) is 42.5. The van der Waals surface area contributed by atoms with Crippen LogP contribution in [0.2, 0.25) is 0 Å². The second kappa shape index (κ2) is 6.95. The smallest absolute Gasteiger partial charge is 0.164 e. The lowest BCUT2D eigenvalue weighted by Crippen LogP contribution is -2.37. The van der Waals surface area contributed by atoms with Gasteiger partial charge in [-0.1, -0.05) is 35.4 Å². The maximum atomic E-state index is 6.21. The summed E-state index contributed by atoms with van der Waals surface area (Å²) in [5, 5.41) is 0. The minimum Gasteiger partial charge on any atom is -0.344 e. The molecule has 3 fully saturated rings. The van der Waals surface area contributed by atoms with Crippen LogP contribution in [-0.4, -0.2) is 17.5 Å². The number of hydrogen-bond donors (Lipinski definition) is 0. The lowest BCUT2D eigenvalue weighted by atomic mass is 9.61. The van der Waals surface area contributed by atoms with Gasteiger partial charge < -0.3 is 9.47 Å². The van der Waals surface area contributed by atoms with Gasteiger partial charge in [-0.25, -0.2) is 0 Å². The largest absolute Gasteiger partial charge is 0.344 e. The molecule has 3 aliphatic rings. The van der Waals surface area contributed by atoms with Gasteiger partial charge in [-0.05, 0) is 101 Å². The van der Waals surface area contributed by atoms with Gasteiger partial charge in [0.25, 0.3) is 0 Å². The number of rotatable bonds is 4. The van der Waals surface area contributed by atoms with E-state index < -0.39 is 5.79 Å². The zero-order valence-electron chi connectivity index (χ0n) is 17.0. The number of allylic oxidation sites excluding steroid dienone is 1. The lowest BCUT2D eigenvalue weighted by molar-refractivity contribution is -0.157. The van der Waals surface area contributed by atoms with Crippen molar-refractivity contribution in [3.05, 3.63) is 10.6 Å². The van der Waals surface area contributed by atoms with Crippen LogP contribution >= 0.6 is 15.9 Å². The predicted molar refractivity (Wildman–Crippen MR) is 108 cm³/mol. The molecule has 2 aliphatic carbocycles. The first kappa shape index (κ1) is 19.9. The van der Waals surface area contributed by atoms with E-state index in [2.05, 4.69) is 48.6 Å². The van der Waals surface area contributed by atoms with E-state index in [1.165, 1.54) is 38.5 Å². The Bertz CT molecular complexity index is 524. The van der Waals surface area contributed by atoms with E-state index >= 15 is 0 Å². The summed E-state index contributed by atoms with van der Waals surface area (Å²) in [4.78, 5) is 2.23. The van der Waals surface area contributed by atoms with E-state index in [1.54, 1.807) is 5.57 Å². The lowest BCUT2D eigenvalue weighted by Gasteiger charge is -2.44. The molecule has 0 unspecified atom stereocenters.